The number of piperidine rings is 1. The average molecular weight is 281 g/mol. The maximum Gasteiger partial charge on any atom is 0.161 e. The summed E-state index contributed by atoms with van der Waals surface area (Å²) in [7, 11) is 0. The van der Waals surface area contributed by atoms with Gasteiger partial charge in [-0.25, -0.2) is 4.39 Å². The van der Waals surface area contributed by atoms with Crippen molar-refractivity contribution in [2.45, 2.75) is 24.6 Å². The van der Waals surface area contributed by atoms with Crippen molar-refractivity contribution in [1.29, 1.82) is 0 Å². The first-order valence-corrected chi connectivity index (χ1v) is 7.09. The van der Waals surface area contributed by atoms with Crippen molar-refractivity contribution < 1.29 is 19.0 Å². The van der Waals surface area contributed by atoms with Gasteiger partial charge in [0, 0.05) is 13.1 Å². The monoisotopic (exact) mass is 281 g/mol. The van der Waals surface area contributed by atoms with Crippen LogP contribution in [0.3, 0.4) is 0 Å². The molecule has 1 fully saturated rings. The second kappa shape index (κ2) is 5.58. The van der Waals surface area contributed by atoms with Gasteiger partial charge in [0.25, 0.3) is 0 Å². The number of fused-ring (bicyclic) bond motifs is 1. The zero-order chi connectivity index (χ0) is 14.0. The number of aliphatic hydroxyl groups excluding tert-OH is 1. The van der Waals surface area contributed by atoms with Gasteiger partial charge in [-0.2, -0.15) is 0 Å². The smallest absolute Gasteiger partial charge is 0.161 e. The van der Waals surface area contributed by atoms with Gasteiger partial charge < -0.3 is 14.6 Å². The maximum atomic E-state index is 14.2. The molecule has 0 aliphatic carbocycles. The van der Waals surface area contributed by atoms with E-state index in [0.717, 1.165) is 24.5 Å². The molecule has 1 saturated heterocycles. The molecule has 110 valence electrons. The van der Waals surface area contributed by atoms with E-state index in [1.54, 1.807) is 0 Å². The minimum absolute atomic E-state index is 0.0917. The van der Waals surface area contributed by atoms with Gasteiger partial charge in [0.2, 0.25) is 0 Å². The Morgan fingerprint density at radius 3 is 2.95 bits per heavy atom. The quantitative estimate of drug-likeness (QED) is 0.914. The Morgan fingerprint density at radius 2 is 2.15 bits per heavy atom. The van der Waals surface area contributed by atoms with Crippen molar-refractivity contribution in [2.24, 2.45) is 0 Å². The van der Waals surface area contributed by atoms with Crippen LogP contribution in [-0.4, -0.2) is 54.6 Å². The molecule has 0 amide bonds. The van der Waals surface area contributed by atoms with Crippen molar-refractivity contribution in [1.82, 2.24) is 4.90 Å². The van der Waals surface area contributed by atoms with Gasteiger partial charge in [0.15, 0.2) is 11.5 Å². The van der Waals surface area contributed by atoms with Crippen LogP contribution in [0.1, 0.15) is 12.8 Å². The lowest BCUT2D eigenvalue weighted by atomic mass is 9.95. The largest absolute Gasteiger partial charge is 0.486 e. The highest BCUT2D eigenvalue weighted by Gasteiger charge is 2.36. The lowest BCUT2D eigenvalue weighted by Crippen LogP contribution is -2.51. The fourth-order valence-electron chi connectivity index (χ4n) is 2.90. The summed E-state index contributed by atoms with van der Waals surface area (Å²) >= 11 is 0. The highest BCUT2D eigenvalue weighted by molar-refractivity contribution is 5.40. The van der Waals surface area contributed by atoms with E-state index in [-0.39, 0.29) is 12.6 Å². The zero-order valence-electron chi connectivity index (χ0n) is 11.4. The van der Waals surface area contributed by atoms with Gasteiger partial charge in [0.1, 0.15) is 18.4 Å². The normalized spacial score (nSPS) is 30.2. The molecule has 20 heavy (non-hydrogen) atoms. The molecule has 2 aliphatic heterocycles. The Hall–Kier alpha value is -1.33. The first-order chi connectivity index (χ1) is 9.68. The predicted octanol–water partition coefficient (Wildman–Crippen LogP) is 1.62. The molecular formula is C15H20FNO3. The van der Waals surface area contributed by atoms with Gasteiger partial charge in [-0.05, 0) is 31.5 Å². The van der Waals surface area contributed by atoms with Crippen molar-refractivity contribution in [3.05, 3.63) is 24.3 Å². The molecule has 2 aliphatic rings. The van der Waals surface area contributed by atoms with Crippen LogP contribution in [0, 0.1) is 0 Å². The molecule has 2 heterocycles. The van der Waals surface area contributed by atoms with Crippen LogP contribution in [0.4, 0.5) is 4.39 Å². The predicted molar refractivity (Wildman–Crippen MR) is 73.0 cm³/mol. The molecule has 5 heteroatoms. The Labute approximate surface area is 118 Å². The van der Waals surface area contributed by atoms with Crippen LogP contribution in [0.25, 0.3) is 0 Å². The summed E-state index contributed by atoms with van der Waals surface area (Å²) in [5.41, 5.74) is -1.47. The highest BCUT2D eigenvalue weighted by atomic mass is 19.1. The third-order valence-electron chi connectivity index (χ3n) is 3.92. The number of halogens is 1. The van der Waals surface area contributed by atoms with Crippen LogP contribution in [0.5, 0.6) is 11.5 Å². The van der Waals surface area contributed by atoms with Gasteiger partial charge in [0.05, 0.1) is 6.61 Å². The van der Waals surface area contributed by atoms with Crippen LogP contribution in [-0.2, 0) is 0 Å². The Balaban J connectivity index is 1.59. The number of para-hydroxylation sites is 2. The standard InChI is InChI=1S/C15H20FNO3/c16-15(11-18)6-3-7-17(10-15)8-12-9-19-13-4-1-2-5-14(13)20-12/h1-2,4-5,12,18H,3,6-11H2. The van der Waals surface area contributed by atoms with E-state index < -0.39 is 12.3 Å². The van der Waals surface area contributed by atoms with Gasteiger partial charge in [-0.3, -0.25) is 4.90 Å². The van der Waals surface area contributed by atoms with Crippen LogP contribution in [0.15, 0.2) is 24.3 Å². The van der Waals surface area contributed by atoms with Crippen molar-refractivity contribution in [3.63, 3.8) is 0 Å². The van der Waals surface area contributed by atoms with Gasteiger partial charge in [-0.1, -0.05) is 12.1 Å². The summed E-state index contributed by atoms with van der Waals surface area (Å²) in [6.07, 6.45) is 1.11. The molecule has 3 rings (SSSR count). The van der Waals surface area contributed by atoms with Crippen molar-refractivity contribution >= 4 is 0 Å². The molecule has 0 bridgehead atoms. The summed E-state index contributed by atoms with van der Waals surface area (Å²) in [6.45, 7) is 1.80. The number of rotatable bonds is 3. The van der Waals surface area contributed by atoms with E-state index in [1.165, 1.54) is 0 Å². The van der Waals surface area contributed by atoms with Crippen LogP contribution < -0.4 is 9.47 Å². The molecule has 0 saturated carbocycles. The first kappa shape index (κ1) is 13.6. The summed E-state index contributed by atoms with van der Waals surface area (Å²) in [5, 5.41) is 9.15. The molecule has 1 aromatic carbocycles. The number of aliphatic hydroxyl groups is 1. The summed E-state index contributed by atoms with van der Waals surface area (Å²) in [4.78, 5) is 2.02. The summed E-state index contributed by atoms with van der Waals surface area (Å²) in [6, 6.07) is 7.57. The summed E-state index contributed by atoms with van der Waals surface area (Å²) < 4.78 is 25.7. The lowest BCUT2D eigenvalue weighted by molar-refractivity contribution is -0.0209. The third kappa shape index (κ3) is 2.88. The molecule has 1 N–H and O–H groups in total. The Kier molecular flexibility index (Phi) is 3.81. The molecule has 0 spiro atoms. The summed E-state index contributed by atoms with van der Waals surface area (Å²) in [5.74, 6) is 1.51. The van der Waals surface area contributed by atoms with Crippen molar-refractivity contribution in [3.8, 4) is 11.5 Å². The number of likely N-dealkylation sites (tertiary alicyclic amines) is 1. The highest BCUT2D eigenvalue weighted by Crippen LogP contribution is 2.32. The number of hydrogen-bond donors (Lipinski definition) is 1. The number of benzene rings is 1. The van der Waals surface area contributed by atoms with Crippen molar-refractivity contribution in [2.75, 3.05) is 32.8 Å². The maximum absolute atomic E-state index is 14.2. The number of alkyl halides is 1. The second-order valence-corrected chi connectivity index (χ2v) is 5.65. The SMILES string of the molecule is OCC1(F)CCCN(CC2COc3ccccc3O2)C1. The molecule has 1 aromatic rings. The molecule has 0 radical (unpaired) electrons. The number of hydrogen-bond acceptors (Lipinski definition) is 4. The van der Waals surface area contributed by atoms with Crippen LogP contribution in [0.2, 0.25) is 0 Å². The molecule has 2 atom stereocenters. The second-order valence-electron chi connectivity index (χ2n) is 5.65. The third-order valence-corrected chi connectivity index (χ3v) is 3.92. The molecule has 2 unspecified atom stereocenters. The first-order valence-electron chi connectivity index (χ1n) is 7.09. The number of nitrogens with zero attached hydrogens (tertiary/aromatic N) is 1. The fraction of sp³-hybridized carbons (Fsp3) is 0.600. The van der Waals surface area contributed by atoms with Gasteiger partial charge >= 0.3 is 0 Å². The topological polar surface area (TPSA) is 41.9 Å². The Bertz CT molecular complexity index is 470. The van der Waals surface area contributed by atoms with Gasteiger partial charge in [-0.15, -0.1) is 0 Å². The average Bonchev–Trinajstić information content (AvgIpc) is 2.47. The molecule has 4 nitrogen and oxygen atoms in total. The zero-order valence-corrected chi connectivity index (χ0v) is 11.4. The minimum atomic E-state index is -1.47. The van der Waals surface area contributed by atoms with Crippen LogP contribution >= 0.6 is 0 Å². The van der Waals surface area contributed by atoms with E-state index in [1.807, 2.05) is 29.2 Å². The van der Waals surface area contributed by atoms with E-state index in [2.05, 4.69) is 0 Å². The minimum Gasteiger partial charge on any atom is -0.486 e. The van der Waals surface area contributed by atoms with E-state index in [4.69, 9.17) is 14.6 Å². The van der Waals surface area contributed by atoms with E-state index in [9.17, 15) is 4.39 Å². The fourth-order valence-corrected chi connectivity index (χ4v) is 2.90. The number of ether oxygens (including phenoxy) is 2. The van der Waals surface area contributed by atoms with E-state index >= 15 is 0 Å². The lowest BCUT2D eigenvalue weighted by Gasteiger charge is -2.38. The molecule has 0 aromatic heterocycles. The molecular weight excluding hydrogens is 261 g/mol. The Morgan fingerprint density at radius 1 is 1.35 bits per heavy atom. The van der Waals surface area contributed by atoms with E-state index in [0.29, 0.717) is 19.6 Å².